The second kappa shape index (κ2) is 12.4. The van der Waals surface area contributed by atoms with Gasteiger partial charge in [0.25, 0.3) is 0 Å². The number of ether oxygens (including phenoxy) is 1. The van der Waals surface area contributed by atoms with Crippen LogP contribution in [0.15, 0.2) is 65.7 Å². The molecule has 2 heterocycles. The molecule has 0 amide bonds. The molecule has 3 aliphatic rings. The van der Waals surface area contributed by atoms with Gasteiger partial charge in [-0.1, -0.05) is 109 Å². The van der Waals surface area contributed by atoms with Crippen LogP contribution in [-0.4, -0.2) is 12.5 Å². The van der Waals surface area contributed by atoms with Gasteiger partial charge < -0.3 is 4.74 Å². The third-order valence-electron chi connectivity index (χ3n) is 7.39. The van der Waals surface area contributed by atoms with Crippen molar-refractivity contribution >= 4 is 14.5 Å². The van der Waals surface area contributed by atoms with Crippen molar-refractivity contribution in [1.82, 2.24) is 0 Å². The van der Waals surface area contributed by atoms with E-state index in [4.69, 9.17) is 9.73 Å². The largest absolute Gasteiger partial charge is 2.00 e. The molecule has 4 heteroatoms. The van der Waals surface area contributed by atoms with Gasteiger partial charge in [-0.25, -0.2) is 4.99 Å². The third-order valence-corrected chi connectivity index (χ3v) is 8.96. The maximum Gasteiger partial charge on any atom is 2.00 e. The van der Waals surface area contributed by atoms with E-state index < -0.39 is 0 Å². The Morgan fingerprint density at radius 1 is 0.629 bits per heavy atom. The van der Waals surface area contributed by atoms with Crippen LogP contribution >= 0.6 is 8.58 Å². The fraction of sp³-hybridized carbons (Fsp3) is 0.290. The van der Waals surface area contributed by atoms with E-state index >= 15 is 0 Å². The minimum atomic E-state index is 0. The minimum Gasteiger partial charge on any atom is -0.478 e. The number of aliphatic imine (C=N–C) groups is 1. The zero-order valence-electron chi connectivity index (χ0n) is 21.7. The molecular formula is C31H34FeNOP+2. The number of rotatable bonds is 3. The molecule has 2 aromatic rings. The summed E-state index contributed by atoms with van der Waals surface area (Å²) >= 11 is 0. The first-order valence-corrected chi connectivity index (χ1v) is 12.8. The van der Waals surface area contributed by atoms with Crippen molar-refractivity contribution < 1.29 is 21.8 Å². The van der Waals surface area contributed by atoms with Gasteiger partial charge in [0.15, 0.2) is 5.90 Å². The molecule has 5 rings (SSSR count). The second-order valence-electron chi connectivity index (χ2n) is 9.22. The standard InChI is InChI=1S/C21H19NOP.C10H15.Fe/c1-14-15(2)20(24-19(14)17-11-7-4-8-12-17)21-22-18(13-23-21)16-9-5-3-6-10-16;1-6-7(2)9(4)10(5)8(6)3;/h3-12,18H,13H2,1-2H3;1-5H3;/q;;+2/t18-;;/m1../s1. The van der Waals surface area contributed by atoms with Crippen molar-refractivity contribution in [2.75, 3.05) is 6.61 Å². The van der Waals surface area contributed by atoms with Crippen LogP contribution in [0.3, 0.4) is 0 Å². The zero-order valence-corrected chi connectivity index (χ0v) is 23.7. The predicted octanol–water partition coefficient (Wildman–Crippen LogP) is 8.39. The molecule has 2 fully saturated rings. The van der Waals surface area contributed by atoms with Gasteiger partial charge in [-0.05, 0) is 55.2 Å². The zero-order chi connectivity index (χ0) is 24.4. The number of benzene rings is 2. The van der Waals surface area contributed by atoms with Crippen LogP contribution in [-0.2, 0) is 21.8 Å². The molecule has 0 unspecified atom stereocenters. The van der Waals surface area contributed by atoms with Gasteiger partial charge in [-0.3, -0.25) is 0 Å². The maximum absolute atomic E-state index is 5.97. The first kappa shape index (κ1) is 28.4. The van der Waals surface area contributed by atoms with Crippen LogP contribution in [0.25, 0.3) is 0 Å². The summed E-state index contributed by atoms with van der Waals surface area (Å²) in [6.07, 6.45) is 0. The monoisotopic (exact) mass is 523 g/mol. The molecule has 1 atom stereocenters. The van der Waals surface area contributed by atoms with Crippen molar-refractivity contribution in [3.05, 3.63) is 125 Å². The molecule has 35 heavy (non-hydrogen) atoms. The Kier molecular flexibility index (Phi) is 10.1. The molecule has 2 aliphatic heterocycles. The first-order chi connectivity index (χ1) is 16.3. The summed E-state index contributed by atoms with van der Waals surface area (Å²) < 4.78 is 5.97. The summed E-state index contributed by atoms with van der Waals surface area (Å²) in [7, 11) is 1.20. The van der Waals surface area contributed by atoms with Crippen molar-refractivity contribution in [2.24, 2.45) is 4.99 Å². The quantitative estimate of drug-likeness (QED) is 0.293. The van der Waals surface area contributed by atoms with Crippen LogP contribution in [0.2, 0.25) is 0 Å². The fourth-order valence-electron chi connectivity index (χ4n) is 4.48. The molecule has 0 aromatic heterocycles. The Bertz CT molecular complexity index is 906. The number of nitrogens with zero attached hydrogens (tertiary/aromatic N) is 1. The molecule has 2 aromatic carbocycles. The predicted molar refractivity (Wildman–Crippen MR) is 144 cm³/mol. The normalized spacial score (nSPS) is 24.9. The molecular weight excluding hydrogens is 489 g/mol. The fourth-order valence-corrected chi connectivity index (χ4v) is 5.87. The van der Waals surface area contributed by atoms with Crippen LogP contribution in [0, 0.1) is 52.7 Å². The molecule has 0 spiro atoms. The molecule has 2 nitrogen and oxygen atoms in total. The van der Waals surface area contributed by atoms with E-state index in [-0.39, 0.29) is 23.1 Å². The molecule has 10 radical (unpaired) electrons. The third kappa shape index (κ3) is 6.06. The SMILES string of the molecule is C[C]1[C](C)[C](C)[C](C)[C]1C.C[C]1[C](C)[C](c2ccccc2)[P][C]1C1=N[C@@H](c2ccccc2)CO1.[Fe+2]. The summed E-state index contributed by atoms with van der Waals surface area (Å²) in [4.78, 5) is 4.86. The second-order valence-corrected chi connectivity index (χ2v) is 10.3. The Balaban J connectivity index is 0.000000264. The Labute approximate surface area is 226 Å². The van der Waals surface area contributed by atoms with Crippen molar-refractivity contribution in [1.29, 1.82) is 0 Å². The Hall–Kier alpha value is -1.14. The van der Waals surface area contributed by atoms with Gasteiger partial charge in [-0.15, -0.1) is 0 Å². The Morgan fingerprint density at radius 3 is 1.60 bits per heavy atom. The van der Waals surface area contributed by atoms with Crippen LogP contribution in [0.1, 0.15) is 65.6 Å². The average Bonchev–Trinajstić information content (AvgIpc) is 3.52. The molecule has 1 saturated carbocycles. The summed E-state index contributed by atoms with van der Waals surface area (Å²) in [6, 6.07) is 21.1. The smallest absolute Gasteiger partial charge is 0.478 e. The van der Waals surface area contributed by atoms with Crippen molar-refractivity contribution in [2.45, 2.75) is 54.5 Å². The van der Waals surface area contributed by atoms with E-state index in [2.05, 4.69) is 103 Å². The molecule has 1 aliphatic carbocycles. The van der Waals surface area contributed by atoms with E-state index in [1.54, 1.807) is 0 Å². The maximum atomic E-state index is 5.97. The van der Waals surface area contributed by atoms with Crippen LogP contribution in [0.5, 0.6) is 0 Å². The molecule has 0 N–H and O–H groups in total. The molecule has 0 bridgehead atoms. The number of hydrogen-bond acceptors (Lipinski definition) is 2. The summed E-state index contributed by atoms with van der Waals surface area (Å²) in [6.45, 7) is 16.0. The van der Waals surface area contributed by atoms with Crippen LogP contribution < -0.4 is 0 Å². The van der Waals surface area contributed by atoms with E-state index in [0.717, 1.165) is 5.90 Å². The summed E-state index contributed by atoms with van der Waals surface area (Å²) in [5, 5.41) is 0. The van der Waals surface area contributed by atoms with Gasteiger partial charge in [-0.2, -0.15) is 0 Å². The van der Waals surface area contributed by atoms with Crippen LogP contribution in [0.4, 0.5) is 0 Å². The molecule has 1 saturated heterocycles. The van der Waals surface area contributed by atoms with Crippen molar-refractivity contribution in [3.63, 3.8) is 0 Å². The van der Waals surface area contributed by atoms with E-state index in [1.165, 1.54) is 72.5 Å². The van der Waals surface area contributed by atoms with E-state index in [0.29, 0.717) is 6.61 Å². The van der Waals surface area contributed by atoms with Gasteiger partial charge in [0.2, 0.25) is 0 Å². The van der Waals surface area contributed by atoms with E-state index in [1.807, 2.05) is 6.07 Å². The molecule has 180 valence electrons. The first-order valence-electron chi connectivity index (χ1n) is 11.9. The Morgan fingerprint density at radius 2 is 1.09 bits per heavy atom. The number of hydrogen-bond donors (Lipinski definition) is 0. The van der Waals surface area contributed by atoms with Gasteiger partial charge >= 0.3 is 17.1 Å². The summed E-state index contributed by atoms with van der Waals surface area (Å²) in [5.41, 5.74) is 5.07. The average molecular weight is 523 g/mol. The van der Waals surface area contributed by atoms with Gasteiger partial charge in [0.05, 0.1) is 5.66 Å². The van der Waals surface area contributed by atoms with Gasteiger partial charge in [0, 0.05) is 11.6 Å². The minimum absolute atomic E-state index is 0. The topological polar surface area (TPSA) is 21.6 Å². The van der Waals surface area contributed by atoms with Gasteiger partial charge in [0.1, 0.15) is 12.6 Å². The van der Waals surface area contributed by atoms with E-state index in [9.17, 15) is 0 Å². The van der Waals surface area contributed by atoms with Crippen molar-refractivity contribution in [3.8, 4) is 0 Å². The summed E-state index contributed by atoms with van der Waals surface area (Å²) in [5.74, 6) is 10.8.